The smallest absolute Gasteiger partial charge is 0.378 e. The molecule has 4 fully saturated rings. The first-order valence-electron chi connectivity index (χ1n) is 19.3. The Balaban J connectivity index is 0.956. The van der Waals surface area contributed by atoms with Crippen molar-refractivity contribution < 1.29 is 50.3 Å². The van der Waals surface area contributed by atoms with Crippen LogP contribution in [0.25, 0.3) is 0 Å². The number of carbonyl (C=O) groups excluding carboxylic acids is 4. The average Bonchev–Trinajstić information content (AvgIpc) is 3.34. The van der Waals surface area contributed by atoms with Gasteiger partial charge in [0.05, 0.1) is 41.5 Å². The lowest BCUT2D eigenvalue weighted by Gasteiger charge is -2.42. The molecule has 4 heterocycles. The predicted octanol–water partition coefficient (Wildman–Crippen LogP) is 5.11. The monoisotopic (exact) mass is 850 g/mol. The number of nitriles is 1. The van der Waals surface area contributed by atoms with Gasteiger partial charge in [-0.15, -0.1) is 0 Å². The maximum Gasteiger partial charge on any atom is 0.417 e. The number of carbonyl (C=O) groups is 4. The maximum atomic E-state index is 14.2. The van der Waals surface area contributed by atoms with Crippen molar-refractivity contribution in [3.63, 3.8) is 0 Å². The molecule has 4 aliphatic rings. The highest BCUT2D eigenvalue weighted by Gasteiger charge is 2.53. The highest BCUT2D eigenvalue weighted by Crippen LogP contribution is 2.41. The van der Waals surface area contributed by atoms with Crippen molar-refractivity contribution in [2.24, 2.45) is 0 Å². The van der Waals surface area contributed by atoms with Crippen LogP contribution >= 0.6 is 12.2 Å². The Morgan fingerprint density at radius 1 is 1.05 bits per heavy atom. The minimum Gasteiger partial charge on any atom is -0.378 e. The standard InChI is InChI=1S/C39H44F6N8O5S/c1-37(2)35(57)52(26-5-4-24(20-46)29(19-26)38(40,41)42)36(59)53(37)25-6-8-27(9-7-25)58-17-3-14-50-15-16-51(30(21-50)39(43,44)45)22-33(55)48-31-18-23(12-13-47-31)28-10-11-32(54)49-34(28)56/h4-5,12-13,18-19,25,27-28,30H,3,6-11,14-17,21-22H2,1-2H3,(H,47,48,55)(H,49,54,56). The summed E-state index contributed by atoms with van der Waals surface area (Å²) in [5, 5.41) is 14.1. The molecule has 0 radical (unpaired) electrons. The van der Waals surface area contributed by atoms with Crippen LogP contribution in [0.3, 0.4) is 0 Å². The summed E-state index contributed by atoms with van der Waals surface area (Å²) in [4.78, 5) is 60.0. The highest BCUT2D eigenvalue weighted by atomic mass is 32.1. The topological polar surface area (TPSA) is 151 Å². The van der Waals surface area contributed by atoms with Crippen molar-refractivity contribution in [3.8, 4) is 6.07 Å². The van der Waals surface area contributed by atoms with Gasteiger partial charge in [-0.3, -0.25) is 34.3 Å². The number of piperazine rings is 1. The summed E-state index contributed by atoms with van der Waals surface area (Å²) in [7, 11) is 0. The number of benzene rings is 1. The molecule has 2 atom stereocenters. The van der Waals surface area contributed by atoms with Gasteiger partial charge in [0.1, 0.15) is 17.4 Å². The third-order valence-corrected chi connectivity index (χ3v) is 11.8. The number of imide groups is 1. The van der Waals surface area contributed by atoms with Crippen LogP contribution in [0.2, 0.25) is 0 Å². The Morgan fingerprint density at radius 3 is 2.44 bits per heavy atom. The number of pyridine rings is 1. The summed E-state index contributed by atoms with van der Waals surface area (Å²) >= 11 is 5.68. The number of ether oxygens (including phenoxy) is 1. The van der Waals surface area contributed by atoms with Crippen LogP contribution in [0.4, 0.5) is 37.8 Å². The molecule has 2 aromatic rings. The summed E-state index contributed by atoms with van der Waals surface area (Å²) in [6, 6.07) is 5.59. The zero-order chi connectivity index (χ0) is 42.9. The zero-order valence-corrected chi connectivity index (χ0v) is 33.2. The molecule has 13 nitrogen and oxygen atoms in total. The normalized spacial score (nSPS) is 24.6. The molecule has 1 aromatic carbocycles. The number of hydrogen-bond acceptors (Lipinski definition) is 10. The van der Waals surface area contributed by atoms with Crippen molar-refractivity contribution in [2.45, 2.75) is 101 Å². The molecule has 59 heavy (non-hydrogen) atoms. The van der Waals surface area contributed by atoms with Crippen molar-refractivity contribution in [2.75, 3.05) is 49.5 Å². The van der Waals surface area contributed by atoms with Crippen LogP contribution in [0.1, 0.15) is 81.4 Å². The lowest BCUT2D eigenvalue weighted by atomic mass is 9.89. The van der Waals surface area contributed by atoms with Crippen molar-refractivity contribution in [3.05, 3.63) is 53.2 Å². The second-order valence-electron chi connectivity index (χ2n) is 15.7. The van der Waals surface area contributed by atoms with E-state index in [-0.39, 0.29) is 60.6 Å². The largest absolute Gasteiger partial charge is 0.417 e. The quantitative estimate of drug-likeness (QED) is 0.134. The van der Waals surface area contributed by atoms with Gasteiger partial charge < -0.3 is 19.9 Å². The first kappa shape index (κ1) is 43.9. The Kier molecular flexibility index (Phi) is 13.0. The number of nitrogens with one attached hydrogen (secondary N) is 2. The third-order valence-electron chi connectivity index (χ3n) is 11.4. The Bertz CT molecular complexity index is 2000. The van der Waals surface area contributed by atoms with Crippen molar-refractivity contribution >= 4 is 52.5 Å². The fourth-order valence-corrected chi connectivity index (χ4v) is 8.92. The molecule has 1 saturated carbocycles. The average molecular weight is 851 g/mol. The lowest BCUT2D eigenvalue weighted by molar-refractivity contribution is -0.197. The van der Waals surface area contributed by atoms with Gasteiger partial charge in [-0.2, -0.15) is 31.6 Å². The summed E-state index contributed by atoms with van der Waals surface area (Å²) in [5.74, 6) is -2.54. The molecule has 4 amide bonds. The van der Waals surface area contributed by atoms with Crippen LogP contribution < -0.4 is 15.5 Å². The molecule has 318 valence electrons. The van der Waals surface area contributed by atoms with E-state index in [1.54, 1.807) is 29.7 Å². The van der Waals surface area contributed by atoms with E-state index < -0.39 is 65.2 Å². The summed E-state index contributed by atoms with van der Waals surface area (Å²) in [5.41, 5.74) is -2.41. The second kappa shape index (κ2) is 17.5. The van der Waals surface area contributed by atoms with Crippen LogP contribution in [-0.4, -0.2) is 118 Å². The van der Waals surface area contributed by atoms with E-state index in [0.717, 1.165) is 21.9 Å². The van der Waals surface area contributed by atoms with Gasteiger partial charge in [-0.1, -0.05) is 0 Å². The van der Waals surface area contributed by atoms with Crippen molar-refractivity contribution in [1.29, 1.82) is 5.26 Å². The SMILES string of the molecule is CC1(C)C(=O)N(c2ccc(C#N)c(C(F)(F)F)c2)C(=S)N1C1CCC(OCCCN2CCN(CC(=O)Nc3cc(C4CCC(=O)NC4=O)ccn3)C(C(F)(F)F)C2)CC1. The number of piperidine rings is 1. The van der Waals surface area contributed by atoms with E-state index >= 15 is 0 Å². The van der Waals surface area contributed by atoms with E-state index in [9.17, 15) is 50.8 Å². The van der Waals surface area contributed by atoms with Gasteiger partial charge in [-0.25, -0.2) is 4.98 Å². The minimum atomic E-state index is -4.81. The molecule has 0 bridgehead atoms. The molecule has 2 unspecified atom stereocenters. The molecule has 3 aliphatic heterocycles. The molecule has 6 rings (SSSR count). The molecule has 1 aromatic heterocycles. The summed E-state index contributed by atoms with van der Waals surface area (Å²) < 4.78 is 90.0. The van der Waals surface area contributed by atoms with Crippen LogP contribution in [0.15, 0.2) is 36.5 Å². The Morgan fingerprint density at radius 2 is 1.78 bits per heavy atom. The van der Waals surface area contributed by atoms with Crippen molar-refractivity contribution in [1.82, 2.24) is 25.0 Å². The van der Waals surface area contributed by atoms with E-state index in [4.69, 9.17) is 17.0 Å². The zero-order valence-electron chi connectivity index (χ0n) is 32.4. The molecule has 2 N–H and O–H groups in total. The Labute approximate surface area is 342 Å². The molecule has 0 spiro atoms. The summed E-state index contributed by atoms with van der Waals surface area (Å²) in [6.07, 6.45) is -4.86. The van der Waals surface area contributed by atoms with Gasteiger partial charge in [0.25, 0.3) is 5.91 Å². The van der Waals surface area contributed by atoms with Gasteiger partial charge in [0, 0.05) is 51.4 Å². The number of hydrogen-bond donors (Lipinski definition) is 2. The predicted molar refractivity (Wildman–Crippen MR) is 205 cm³/mol. The number of amides is 4. The number of alkyl halides is 6. The first-order valence-corrected chi connectivity index (χ1v) is 19.7. The first-order chi connectivity index (χ1) is 27.8. The fraction of sp³-hybridized carbons (Fsp3) is 0.564. The van der Waals surface area contributed by atoms with E-state index in [0.29, 0.717) is 57.4 Å². The highest BCUT2D eigenvalue weighted by molar-refractivity contribution is 7.80. The van der Waals surface area contributed by atoms with E-state index in [2.05, 4.69) is 15.6 Å². The number of thiocarbonyl (C=S) groups is 1. The van der Waals surface area contributed by atoms with Gasteiger partial charge >= 0.3 is 12.4 Å². The number of aromatic nitrogens is 1. The molecular formula is C39H44F6N8O5S. The molecule has 20 heteroatoms. The second-order valence-corrected chi connectivity index (χ2v) is 16.1. The number of nitrogens with zero attached hydrogens (tertiary/aromatic N) is 6. The number of rotatable bonds is 11. The third kappa shape index (κ3) is 9.85. The van der Waals surface area contributed by atoms with Gasteiger partial charge in [0.15, 0.2) is 5.11 Å². The Hall–Kier alpha value is -4.71. The molecular weight excluding hydrogens is 807 g/mol. The van der Waals surface area contributed by atoms with Crippen LogP contribution in [0, 0.1) is 11.3 Å². The lowest BCUT2D eigenvalue weighted by Crippen LogP contribution is -2.60. The van der Waals surface area contributed by atoms with E-state index in [1.807, 2.05) is 0 Å². The van der Waals surface area contributed by atoms with Crippen LogP contribution in [0.5, 0.6) is 0 Å². The van der Waals surface area contributed by atoms with Crippen LogP contribution in [-0.2, 0) is 30.1 Å². The maximum absolute atomic E-state index is 14.2. The molecule has 3 saturated heterocycles. The number of anilines is 2. The van der Waals surface area contributed by atoms with Gasteiger partial charge in [0.2, 0.25) is 17.7 Å². The number of halogens is 6. The fourth-order valence-electron chi connectivity index (χ4n) is 8.35. The summed E-state index contributed by atoms with van der Waals surface area (Å²) in [6.45, 7) is 3.44. The molecule has 1 aliphatic carbocycles. The van der Waals surface area contributed by atoms with Gasteiger partial charge in [-0.05, 0) is 100 Å². The minimum absolute atomic E-state index is 0.00444. The van der Waals surface area contributed by atoms with E-state index in [1.165, 1.54) is 24.4 Å².